The molecular formula is C6H13Cl2NO2. The van der Waals surface area contributed by atoms with Crippen LogP contribution < -0.4 is 5.32 Å². The largest absolute Gasteiger partial charge is 0.465 e. The van der Waals surface area contributed by atoms with E-state index in [9.17, 15) is 4.79 Å². The van der Waals surface area contributed by atoms with Crippen LogP contribution in [0.5, 0.6) is 0 Å². The summed E-state index contributed by atoms with van der Waals surface area (Å²) < 4.78 is 4.64. The second-order valence-corrected chi connectivity index (χ2v) is 2.05. The highest BCUT2D eigenvalue weighted by atomic mass is 35.5. The van der Waals surface area contributed by atoms with Gasteiger partial charge >= 0.3 is 5.97 Å². The highest BCUT2D eigenvalue weighted by Gasteiger charge is 1.97. The molecule has 0 saturated carbocycles. The second kappa shape index (κ2) is 10.0. The van der Waals surface area contributed by atoms with Crippen molar-refractivity contribution in [2.45, 2.75) is 6.92 Å². The highest BCUT2D eigenvalue weighted by molar-refractivity contribution is 6.18. The van der Waals surface area contributed by atoms with Gasteiger partial charge in [-0.05, 0) is 6.92 Å². The molecule has 0 spiro atoms. The van der Waals surface area contributed by atoms with E-state index in [1.54, 1.807) is 6.92 Å². The Morgan fingerprint density at radius 2 is 2.27 bits per heavy atom. The van der Waals surface area contributed by atoms with Gasteiger partial charge in [0.15, 0.2) is 0 Å². The fraction of sp³-hybridized carbons (Fsp3) is 0.833. The summed E-state index contributed by atoms with van der Waals surface area (Å²) in [6.45, 7) is 3.10. The van der Waals surface area contributed by atoms with E-state index >= 15 is 0 Å². The SMILES string of the molecule is CCOC(=O)CNCCCl.Cl. The Morgan fingerprint density at radius 3 is 2.73 bits per heavy atom. The molecule has 0 bridgehead atoms. The molecule has 0 heterocycles. The number of carbonyl (C=O) groups excluding carboxylic acids is 1. The minimum Gasteiger partial charge on any atom is -0.465 e. The molecule has 0 aliphatic rings. The lowest BCUT2D eigenvalue weighted by molar-refractivity contribution is -0.141. The maximum Gasteiger partial charge on any atom is 0.319 e. The highest BCUT2D eigenvalue weighted by Crippen LogP contribution is 1.75. The Balaban J connectivity index is 0. The number of ether oxygens (including phenoxy) is 1. The van der Waals surface area contributed by atoms with Crippen LogP contribution in [0.4, 0.5) is 0 Å². The van der Waals surface area contributed by atoms with Crippen molar-refractivity contribution in [1.82, 2.24) is 5.32 Å². The van der Waals surface area contributed by atoms with Crippen molar-refractivity contribution in [2.24, 2.45) is 0 Å². The zero-order valence-electron chi connectivity index (χ0n) is 6.43. The number of nitrogens with one attached hydrogen (secondary N) is 1. The molecule has 0 aliphatic heterocycles. The molecule has 0 aromatic carbocycles. The van der Waals surface area contributed by atoms with Crippen LogP contribution in [0.25, 0.3) is 0 Å². The third kappa shape index (κ3) is 10.0. The van der Waals surface area contributed by atoms with Gasteiger partial charge in [-0.15, -0.1) is 24.0 Å². The average molecular weight is 202 g/mol. The van der Waals surface area contributed by atoms with Crippen LogP contribution in [-0.2, 0) is 9.53 Å². The number of rotatable bonds is 5. The summed E-state index contributed by atoms with van der Waals surface area (Å²) in [7, 11) is 0. The van der Waals surface area contributed by atoms with Crippen LogP contribution >= 0.6 is 24.0 Å². The van der Waals surface area contributed by atoms with Crippen molar-refractivity contribution in [1.29, 1.82) is 0 Å². The second-order valence-electron chi connectivity index (χ2n) is 1.67. The van der Waals surface area contributed by atoms with Crippen LogP contribution in [0, 0.1) is 0 Å². The first kappa shape index (κ1) is 13.6. The van der Waals surface area contributed by atoms with E-state index < -0.39 is 0 Å². The lowest BCUT2D eigenvalue weighted by atomic mass is 10.6. The van der Waals surface area contributed by atoms with Gasteiger partial charge in [0.05, 0.1) is 13.2 Å². The molecule has 11 heavy (non-hydrogen) atoms. The van der Waals surface area contributed by atoms with Crippen LogP contribution in [-0.4, -0.2) is 31.5 Å². The third-order valence-electron chi connectivity index (χ3n) is 0.846. The molecule has 0 atom stereocenters. The Hall–Kier alpha value is 0.01000. The summed E-state index contributed by atoms with van der Waals surface area (Å²) in [4.78, 5) is 10.6. The standard InChI is InChI=1S/C6H12ClNO2.ClH/c1-2-10-6(9)5-8-4-3-7;/h8H,2-5H2,1H3;1H. The molecule has 0 radical (unpaired) electrons. The Kier molecular flexibility index (Phi) is 12.4. The molecule has 0 saturated heterocycles. The first-order valence-electron chi connectivity index (χ1n) is 3.23. The van der Waals surface area contributed by atoms with Crippen LogP contribution in [0.3, 0.4) is 0 Å². The van der Waals surface area contributed by atoms with E-state index in [2.05, 4.69) is 10.1 Å². The minimum absolute atomic E-state index is 0. The Morgan fingerprint density at radius 1 is 1.64 bits per heavy atom. The summed E-state index contributed by atoms with van der Waals surface area (Å²) in [5.74, 6) is 0.284. The van der Waals surface area contributed by atoms with Gasteiger partial charge in [-0.25, -0.2) is 0 Å². The van der Waals surface area contributed by atoms with Gasteiger partial charge in [-0.1, -0.05) is 0 Å². The Labute approximate surface area is 77.8 Å². The maximum atomic E-state index is 10.6. The fourth-order valence-corrected chi connectivity index (χ4v) is 0.603. The smallest absolute Gasteiger partial charge is 0.319 e. The summed E-state index contributed by atoms with van der Waals surface area (Å²) in [6, 6.07) is 0. The predicted molar refractivity (Wildman–Crippen MR) is 47.5 cm³/mol. The zero-order valence-corrected chi connectivity index (χ0v) is 8.00. The van der Waals surface area contributed by atoms with Crippen molar-refractivity contribution >= 4 is 30.0 Å². The third-order valence-corrected chi connectivity index (χ3v) is 1.03. The molecule has 68 valence electrons. The fourth-order valence-electron chi connectivity index (χ4n) is 0.469. The van der Waals surface area contributed by atoms with Gasteiger partial charge in [0.1, 0.15) is 0 Å². The lowest BCUT2D eigenvalue weighted by Gasteiger charge is -2.01. The molecule has 0 aromatic rings. The van der Waals surface area contributed by atoms with Crippen LogP contribution in [0.2, 0.25) is 0 Å². The van der Waals surface area contributed by atoms with E-state index in [0.717, 1.165) is 0 Å². The number of hydrogen-bond acceptors (Lipinski definition) is 3. The first-order valence-corrected chi connectivity index (χ1v) is 3.77. The van der Waals surface area contributed by atoms with Crippen LogP contribution in [0.15, 0.2) is 0 Å². The first-order chi connectivity index (χ1) is 4.81. The van der Waals surface area contributed by atoms with Gasteiger partial charge in [-0.3, -0.25) is 4.79 Å². The summed E-state index contributed by atoms with van der Waals surface area (Å²) in [5.41, 5.74) is 0. The lowest BCUT2D eigenvalue weighted by Crippen LogP contribution is -2.26. The van der Waals surface area contributed by atoms with E-state index in [1.165, 1.54) is 0 Å². The molecule has 0 aliphatic carbocycles. The van der Waals surface area contributed by atoms with Gasteiger partial charge in [0.2, 0.25) is 0 Å². The number of hydrogen-bond donors (Lipinski definition) is 1. The molecule has 1 N–H and O–H groups in total. The van der Waals surface area contributed by atoms with E-state index in [1.807, 2.05) is 0 Å². The summed E-state index contributed by atoms with van der Waals surface area (Å²) >= 11 is 5.35. The van der Waals surface area contributed by atoms with Gasteiger partial charge in [-0.2, -0.15) is 0 Å². The summed E-state index contributed by atoms with van der Waals surface area (Å²) in [5, 5.41) is 2.81. The topological polar surface area (TPSA) is 38.3 Å². The summed E-state index contributed by atoms with van der Waals surface area (Å²) in [6.07, 6.45) is 0. The molecule has 5 heteroatoms. The number of halogens is 2. The van der Waals surface area contributed by atoms with Crippen molar-refractivity contribution in [3.05, 3.63) is 0 Å². The predicted octanol–water partition coefficient (Wildman–Crippen LogP) is 0.800. The normalized spacial score (nSPS) is 8.55. The van der Waals surface area contributed by atoms with Crippen molar-refractivity contribution < 1.29 is 9.53 Å². The quantitative estimate of drug-likeness (QED) is 0.407. The minimum atomic E-state index is -0.229. The van der Waals surface area contributed by atoms with Crippen LogP contribution in [0.1, 0.15) is 6.92 Å². The maximum absolute atomic E-state index is 10.6. The van der Waals surface area contributed by atoms with Gasteiger partial charge in [0, 0.05) is 12.4 Å². The molecule has 0 rings (SSSR count). The number of esters is 1. The molecular weight excluding hydrogens is 189 g/mol. The average Bonchev–Trinajstić information content (AvgIpc) is 1.89. The van der Waals surface area contributed by atoms with E-state index in [4.69, 9.17) is 11.6 Å². The van der Waals surface area contributed by atoms with E-state index in [-0.39, 0.29) is 24.9 Å². The number of carbonyl (C=O) groups is 1. The number of alkyl halides is 1. The zero-order chi connectivity index (χ0) is 7.82. The van der Waals surface area contributed by atoms with Crippen molar-refractivity contribution in [3.63, 3.8) is 0 Å². The van der Waals surface area contributed by atoms with E-state index in [0.29, 0.717) is 19.0 Å². The molecule has 0 unspecified atom stereocenters. The van der Waals surface area contributed by atoms with Gasteiger partial charge in [0.25, 0.3) is 0 Å². The monoisotopic (exact) mass is 201 g/mol. The molecule has 3 nitrogen and oxygen atoms in total. The Bertz CT molecular complexity index is 101. The van der Waals surface area contributed by atoms with Crippen molar-refractivity contribution in [2.75, 3.05) is 25.6 Å². The van der Waals surface area contributed by atoms with Crippen molar-refractivity contribution in [3.8, 4) is 0 Å². The molecule has 0 fully saturated rings. The molecule has 0 aromatic heterocycles. The van der Waals surface area contributed by atoms with Gasteiger partial charge < -0.3 is 10.1 Å². The molecule has 0 amide bonds.